The molecule has 96 valence electrons. The monoisotopic (exact) mass is 262 g/mol. The van der Waals surface area contributed by atoms with Crippen molar-refractivity contribution in [2.45, 2.75) is 5.60 Å². The van der Waals surface area contributed by atoms with Gasteiger partial charge in [0.15, 0.2) is 17.2 Å². The number of pyridine rings is 1. The van der Waals surface area contributed by atoms with Crippen molar-refractivity contribution in [3.05, 3.63) is 59.4 Å². The molecule has 0 saturated carbocycles. The molecule has 3 rings (SSSR count). The van der Waals surface area contributed by atoms with Gasteiger partial charge < -0.3 is 10.4 Å². The molecular formula is C13H8F2N2O2. The minimum absolute atomic E-state index is 0.0237. The van der Waals surface area contributed by atoms with Crippen molar-refractivity contribution >= 4 is 11.6 Å². The maximum Gasteiger partial charge on any atom is 0.266 e. The number of aliphatic hydroxyl groups is 1. The Morgan fingerprint density at radius 2 is 2.05 bits per heavy atom. The van der Waals surface area contributed by atoms with Crippen LogP contribution in [0.3, 0.4) is 0 Å². The number of rotatable bonds is 1. The van der Waals surface area contributed by atoms with E-state index in [2.05, 4.69) is 10.3 Å². The van der Waals surface area contributed by atoms with Crippen molar-refractivity contribution in [2.24, 2.45) is 0 Å². The van der Waals surface area contributed by atoms with Gasteiger partial charge >= 0.3 is 0 Å². The number of amides is 1. The molecule has 0 spiro atoms. The first-order chi connectivity index (χ1) is 9.05. The molecule has 1 aliphatic rings. The number of carbonyl (C=O) groups is 1. The molecule has 1 atom stereocenters. The molecule has 6 heteroatoms. The number of nitrogens with zero attached hydrogens (tertiary/aromatic N) is 1. The Balaban J connectivity index is 2.27. The lowest BCUT2D eigenvalue weighted by atomic mass is 9.88. The highest BCUT2D eigenvalue weighted by atomic mass is 19.2. The summed E-state index contributed by atoms with van der Waals surface area (Å²) < 4.78 is 26.8. The van der Waals surface area contributed by atoms with E-state index in [0.717, 1.165) is 6.07 Å². The van der Waals surface area contributed by atoms with Crippen LogP contribution in [-0.2, 0) is 10.4 Å². The van der Waals surface area contributed by atoms with Gasteiger partial charge in [-0.3, -0.25) is 9.78 Å². The molecule has 0 fully saturated rings. The Morgan fingerprint density at radius 3 is 2.74 bits per heavy atom. The van der Waals surface area contributed by atoms with Crippen LogP contribution in [0.25, 0.3) is 0 Å². The number of nitrogens with one attached hydrogen (secondary N) is 1. The van der Waals surface area contributed by atoms with E-state index in [-0.39, 0.29) is 16.8 Å². The van der Waals surface area contributed by atoms with E-state index < -0.39 is 23.1 Å². The predicted molar refractivity (Wildman–Crippen MR) is 62.2 cm³/mol. The van der Waals surface area contributed by atoms with Gasteiger partial charge in [0.05, 0.1) is 5.69 Å². The lowest BCUT2D eigenvalue weighted by molar-refractivity contribution is -0.129. The zero-order valence-electron chi connectivity index (χ0n) is 9.52. The summed E-state index contributed by atoms with van der Waals surface area (Å²) in [5.41, 5.74) is -2.23. The minimum Gasteiger partial charge on any atom is -0.372 e. The lowest BCUT2D eigenvalue weighted by Crippen LogP contribution is -2.35. The van der Waals surface area contributed by atoms with Crippen LogP contribution in [0.1, 0.15) is 11.1 Å². The Hall–Kier alpha value is -2.34. The summed E-state index contributed by atoms with van der Waals surface area (Å²) in [4.78, 5) is 15.8. The third-order valence-electron chi connectivity index (χ3n) is 3.13. The van der Waals surface area contributed by atoms with E-state index in [1.807, 2.05) is 0 Å². The third kappa shape index (κ3) is 1.47. The number of hydrogen-bond acceptors (Lipinski definition) is 3. The van der Waals surface area contributed by atoms with Crippen LogP contribution >= 0.6 is 0 Å². The van der Waals surface area contributed by atoms with E-state index in [1.165, 1.54) is 24.5 Å². The standard InChI is InChI=1S/C13H8F2N2O2/c14-9-4-3-8-11(10(9)15)17-12(18)13(8,19)7-2-1-5-16-6-7/h1-6,19H,(H,17,18). The second kappa shape index (κ2) is 3.83. The summed E-state index contributed by atoms with van der Waals surface area (Å²) in [6.45, 7) is 0. The second-order valence-electron chi connectivity index (χ2n) is 4.19. The van der Waals surface area contributed by atoms with Gasteiger partial charge in [0, 0.05) is 23.5 Å². The van der Waals surface area contributed by atoms with Gasteiger partial charge in [-0.1, -0.05) is 12.1 Å². The highest BCUT2D eigenvalue weighted by Gasteiger charge is 2.48. The summed E-state index contributed by atoms with van der Waals surface area (Å²) >= 11 is 0. The maximum atomic E-state index is 13.6. The molecule has 2 N–H and O–H groups in total. The smallest absolute Gasteiger partial charge is 0.266 e. The number of anilines is 1. The van der Waals surface area contributed by atoms with Crippen LogP contribution in [0.5, 0.6) is 0 Å². The van der Waals surface area contributed by atoms with E-state index in [4.69, 9.17) is 0 Å². The zero-order valence-corrected chi connectivity index (χ0v) is 9.52. The second-order valence-corrected chi connectivity index (χ2v) is 4.19. The van der Waals surface area contributed by atoms with Crippen molar-refractivity contribution in [3.8, 4) is 0 Å². The van der Waals surface area contributed by atoms with E-state index in [1.54, 1.807) is 6.07 Å². The van der Waals surface area contributed by atoms with Crippen molar-refractivity contribution in [3.63, 3.8) is 0 Å². The highest BCUT2D eigenvalue weighted by Crippen LogP contribution is 2.42. The largest absolute Gasteiger partial charge is 0.372 e. The number of halogens is 2. The van der Waals surface area contributed by atoms with Gasteiger partial charge in [0.25, 0.3) is 5.91 Å². The number of benzene rings is 1. The van der Waals surface area contributed by atoms with Crippen LogP contribution in [0.15, 0.2) is 36.7 Å². The molecule has 0 saturated heterocycles. The van der Waals surface area contributed by atoms with E-state index in [0.29, 0.717) is 0 Å². The normalized spacial score (nSPS) is 21.1. The summed E-state index contributed by atoms with van der Waals surface area (Å²) in [5.74, 6) is -3.11. The Bertz CT molecular complexity index is 676. The first-order valence-electron chi connectivity index (χ1n) is 5.48. The Labute approximate surface area is 106 Å². The average molecular weight is 262 g/mol. The van der Waals surface area contributed by atoms with Crippen LogP contribution in [0.4, 0.5) is 14.5 Å². The van der Waals surface area contributed by atoms with Crippen LogP contribution in [0, 0.1) is 11.6 Å². The summed E-state index contributed by atoms with van der Waals surface area (Å²) in [7, 11) is 0. The van der Waals surface area contributed by atoms with Gasteiger partial charge in [-0.15, -0.1) is 0 Å². The van der Waals surface area contributed by atoms with Crippen LogP contribution in [0.2, 0.25) is 0 Å². The first kappa shape index (κ1) is 11.7. The van der Waals surface area contributed by atoms with Gasteiger partial charge in [0.1, 0.15) is 0 Å². The molecule has 0 bridgehead atoms. The van der Waals surface area contributed by atoms with Crippen molar-refractivity contribution in [1.82, 2.24) is 4.98 Å². The molecule has 2 aromatic rings. The fraction of sp³-hybridized carbons (Fsp3) is 0.0769. The fourth-order valence-corrected chi connectivity index (χ4v) is 2.16. The van der Waals surface area contributed by atoms with Gasteiger partial charge in [-0.05, 0) is 12.1 Å². The topological polar surface area (TPSA) is 62.2 Å². The Kier molecular flexibility index (Phi) is 2.36. The quantitative estimate of drug-likeness (QED) is 0.819. The molecule has 1 unspecified atom stereocenters. The molecule has 19 heavy (non-hydrogen) atoms. The molecule has 1 amide bonds. The van der Waals surface area contributed by atoms with Gasteiger partial charge in [-0.25, -0.2) is 8.78 Å². The molecule has 0 aliphatic carbocycles. The predicted octanol–water partition coefficient (Wildman–Crippen LogP) is 1.55. The summed E-state index contributed by atoms with van der Waals surface area (Å²) in [5, 5.41) is 12.7. The molecule has 4 nitrogen and oxygen atoms in total. The van der Waals surface area contributed by atoms with Crippen molar-refractivity contribution in [2.75, 3.05) is 5.32 Å². The molecular weight excluding hydrogens is 254 g/mol. The average Bonchev–Trinajstić information content (AvgIpc) is 2.69. The molecule has 1 aliphatic heterocycles. The number of hydrogen-bond donors (Lipinski definition) is 2. The maximum absolute atomic E-state index is 13.6. The van der Waals surface area contributed by atoms with E-state index >= 15 is 0 Å². The number of aromatic nitrogens is 1. The lowest BCUT2D eigenvalue weighted by Gasteiger charge is -2.20. The van der Waals surface area contributed by atoms with Crippen molar-refractivity contribution < 1.29 is 18.7 Å². The summed E-state index contributed by atoms with van der Waals surface area (Å²) in [6, 6.07) is 5.08. The number of fused-ring (bicyclic) bond motifs is 1. The van der Waals surface area contributed by atoms with Gasteiger partial charge in [-0.2, -0.15) is 0 Å². The highest BCUT2D eigenvalue weighted by molar-refractivity contribution is 6.07. The van der Waals surface area contributed by atoms with Gasteiger partial charge in [0.2, 0.25) is 0 Å². The number of carbonyl (C=O) groups excluding carboxylic acids is 1. The fourth-order valence-electron chi connectivity index (χ4n) is 2.16. The zero-order chi connectivity index (χ0) is 13.6. The van der Waals surface area contributed by atoms with Crippen LogP contribution < -0.4 is 5.32 Å². The van der Waals surface area contributed by atoms with Crippen LogP contribution in [-0.4, -0.2) is 16.0 Å². The molecule has 1 aromatic heterocycles. The molecule has 2 heterocycles. The first-order valence-corrected chi connectivity index (χ1v) is 5.48. The summed E-state index contributed by atoms with van der Waals surface area (Å²) in [6.07, 6.45) is 2.78. The Morgan fingerprint density at radius 1 is 1.26 bits per heavy atom. The third-order valence-corrected chi connectivity index (χ3v) is 3.13. The SMILES string of the molecule is O=C1Nc2c(ccc(F)c2F)C1(O)c1cccnc1. The molecule has 1 aromatic carbocycles. The molecule has 0 radical (unpaired) electrons. The minimum atomic E-state index is -2.06. The van der Waals surface area contributed by atoms with Crippen molar-refractivity contribution in [1.29, 1.82) is 0 Å². The van der Waals surface area contributed by atoms with E-state index in [9.17, 15) is 18.7 Å².